The van der Waals surface area contributed by atoms with Crippen LogP contribution in [0.3, 0.4) is 0 Å². The molecule has 0 bridgehead atoms. The molecular weight excluding hydrogens is 270 g/mol. The highest BCUT2D eigenvalue weighted by atomic mass is 32.2. The summed E-state index contributed by atoms with van der Waals surface area (Å²) in [6, 6.07) is 0. The van der Waals surface area contributed by atoms with Crippen molar-refractivity contribution in [2.45, 2.75) is 51.6 Å². The van der Waals surface area contributed by atoms with E-state index in [1.807, 2.05) is 13.8 Å². The van der Waals surface area contributed by atoms with E-state index in [9.17, 15) is 4.79 Å². The van der Waals surface area contributed by atoms with Crippen LogP contribution in [0.2, 0.25) is 0 Å². The van der Waals surface area contributed by atoms with Gasteiger partial charge in [-0.3, -0.25) is 4.79 Å². The van der Waals surface area contributed by atoms with Gasteiger partial charge in [-0.05, 0) is 26.7 Å². The number of hydrogen-bond donors (Lipinski definition) is 1. The van der Waals surface area contributed by atoms with Gasteiger partial charge in [0.15, 0.2) is 5.16 Å². The summed E-state index contributed by atoms with van der Waals surface area (Å²) in [7, 11) is 0. The highest BCUT2D eigenvalue weighted by Crippen LogP contribution is 2.26. The maximum absolute atomic E-state index is 11.9. The standard InChI is InChI=1S/C15H25N3OS/c1-7-8-16-14(19)13(6)20-15-17-11(4)12(5)18(15)9-10(2)3/h7,10,13H,1,8-9H2,2-6H3,(H,16,19). The number of carbonyl (C=O) groups is 1. The van der Waals surface area contributed by atoms with E-state index >= 15 is 0 Å². The smallest absolute Gasteiger partial charge is 0.233 e. The molecule has 0 radical (unpaired) electrons. The Morgan fingerprint density at radius 2 is 2.10 bits per heavy atom. The van der Waals surface area contributed by atoms with Crippen molar-refractivity contribution in [1.82, 2.24) is 14.9 Å². The van der Waals surface area contributed by atoms with Crippen LogP contribution in [0.4, 0.5) is 0 Å². The Kier molecular flexibility index (Phi) is 6.33. The van der Waals surface area contributed by atoms with E-state index in [1.165, 1.54) is 17.5 Å². The number of aryl methyl sites for hydroxylation is 1. The van der Waals surface area contributed by atoms with Gasteiger partial charge in [-0.2, -0.15) is 0 Å². The normalized spacial score (nSPS) is 12.5. The lowest BCUT2D eigenvalue weighted by atomic mass is 10.2. The summed E-state index contributed by atoms with van der Waals surface area (Å²) >= 11 is 1.51. The molecule has 1 unspecified atom stereocenters. The third kappa shape index (κ3) is 4.40. The van der Waals surface area contributed by atoms with Crippen LogP contribution in [0.1, 0.15) is 32.2 Å². The quantitative estimate of drug-likeness (QED) is 0.621. The molecule has 112 valence electrons. The summed E-state index contributed by atoms with van der Waals surface area (Å²) in [5.74, 6) is 0.566. The van der Waals surface area contributed by atoms with Gasteiger partial charge in [0.1, 0.15) is 0 Å². The van der Waals surface area contributed by atoms with Crippen molar-refractivity contribution in [3.05, 3.63) is 24.0 Å². The molecule has 0 aliphatic carbocycles. The van der Waals surface area contributed by atoms with E-state index in [0.717, 1.165) is 17.4 Å². The molecule has 0 fully saturated rings. The van der Waals surface area contributed by atoms with Gasteiger partial charge >= 0.3 is 0 Å². The van der Waals surface area contributed by atoms with Crippen molar-refractivity contribution in [3.63, 3.8) is 0 Å². The van der Waals surface area contributed by atoms with Crippen LogP contribution in [0.5, 0.6) is 0 Å². The minimum absolute atomic E-state index is 0.0179. The zero-order chi connectivity index (χ0) is 15.3. The van der Waals surface area contributed by atoms with Gasteiger partial charge in [0, 0.05) is 18.8 Å². The summed E-state index contributed by atoms with van der Waals surface area (Å²) in [5.41, 5.74) is 2.21. The molecule has 1 N–H and O–H groups in total. The number of amides is 1. The Morgan fingerprint density at radius 1 is 1.45 bits per heavy atom. The first-order valence-electron chi connectivity index (χ1n) is 6.95. The first-order valence-corrected chi connectivity index (χ1v) is 7.83. The molecule has 0 aliphatic heterocycles. The lowest BCUT2D eigenvalue weighted by molar-refractivity contribution is -0.120. The molecule has 20 heavy (non-hydrogen) atoms. The van der Waals surface area contributed by atoms with Gasteiger partial charge in [-0.25, -0.2) is 4.98 Å². The Bertz CT molecular complexity index is 480. The summed E-state index contributed by atoms with van der Waals surface area (Å²) in [6.07, 6.45) is 1.68. The van der Waals surface area contributed by atoms with Gasteiger partial charge in [0.05, 0.1) is 10.9 Å². The predicted octanol–water partition coefficient (Wildman–Crippen LogP) is 2.94. The zero-order valence-electron chi connectivity index (χ0n) is 13.1. The highest BCUT2D eigenvalue weighted by Gasteiger charge is 2.19. The molecule has 1 amide bonds. The number of aromatic nitrogens is 2. The van der Waals surface area contributed by atoms with E-state index in [-0.39, 0.29) is 11.2 Å². The van der Waals surface area contributed by atoms with Gasteiger partial charge in [0.2, 0.25) is 5.91 Å². The van der Waals surface area contributed by atoms with Crippen molar-refractivity contribution >= 4 is 17.7 Å². The first kappa shape index (κ1) is 16.8. The van der Waals surface area contributed by atoms with E-state index < -0.39 is 0 Å². The second-order valence-corrected chi connectivity index (χ2v) is 6.67. The molecule has 0 aliphatic rings. The lowest BCUT2D eigenvalue weighted by Crippen LogP contribution is -2.31. The number of rotatable bonds is 7. The van der Waals surface area contributed by atoms with E-state index in [2.05, 4.69) is 42.2 Å². The van der Waals surface area contributed by atoms with Crippen LogP contribution in [0.15, 0.2) is 17.8 Å². The molecule has 0 saturated heterocycles. The number of hydrogen-bond acceptors (Lipinski definition) is 3. The van der Waals surface area contributed by atoms with Crippen LogP contribution >= 0.6 is 11.8 Å². The Hall–Kier alpha value is -1.23. The topological polar surface area (TPSA) is 46.9 Å². The van der Waals surface area contributed by atoms with Crippen LogP contribution < -0.4 is 5.32 Å². The Balaban J connectivity index is 2.83. The molecule has 5 heteroatoms. The second-order valence-electron chi connectivity index (χ2n) is 5.36. The fourth-order valence-corrected chi connectivity index (χ4v) is 2.86. The van der Waals surface area contributed by atoms with Crippen molar-refractivity contribution in [2.24, 2.45) is 5.92 Å². The third-order valence-electron chi connectivity index (χ3n) is 3.04. The first-order chi connectivity index (χ1) is 9.36. The molecule has 4 nitrogen and oxygen atoms in total. The highest BCUT2D eigenvalue weighted by molar-refractivity contribution is 8.00. The van der Waals surface area contributed by atoms with Gasteiger partial charge in [-0.1, -0.05) is 31.7 Å². The molecule has 1 aromatic heterocycles. The summed E-state index contributed by atoms with van der Waals surface area (Å²) in [5, 5.41) is 3.58. The maximum Gasteiger partial charge on any atom is 0.233 e. The minimum Gasteiger partial charge on any atom is -0.352 e. The van der Waals surface area contributed by atoms with Crippen molar-refractivity contribution < 1.29 is 4.79 Å². The SMILES string of the molecule is C=CCNC(=O)C(C)Sc1nc(C)c(C)n1CC(C)C. The summed E-state index contributed by atoms with van der Waals surface area (Å²) < 4.78 is 2.21. The lowest BCUT2D eigenvalue weighted by Gasteiger charge is -2.15. The maximum atomic E-state index is 11.9. The molecule has 1 heterocycles. The predicted molar refractivity (Wildman–Crippen MR) is 85.1 cm³/mol. The number of thioether (sulfide) groups is 1. The molecule has 1 aromatic rings. The average Bonchev–Trinajstić information content (AvgIpc) is 2.63. The number of imidazole rings is 1. The van der Waals surface area contributed by atoms with Crippen LogP contribution in [0.25, 0.3) is 0 Å². The number of nitrogens with one attached hydrogen (secondary N) is 1. The van der Waals surface area contributed by atoms with E-state index in [0.29, 0.717) is 12.5 Å². The molecule has 0 spiro atoms. The average molecular weight is 295 g/mol. The van der Waals surface area contributed by atoms with Crippen molar-refractivity contribution in [1.29, 1.82) is 0 Å². The molecule has 0 aromatic carbocycles. The number of carbonyl (C=O) groups excluding carboxylic acids is 1. The van der Waals surface area contributed by atoms with Crippen LogP contribution in [-0.4, -0.2) is 27.3 Å². The number of nitrogens with zero attached hydrogens (tertiary/aromatic N) is 2. The molecule has 1 rings (SSSR count). The Labute approximate surface area is 126 Å². The van der Waals surface area contributed by atoms with Crippen molar-refractivity contribution in [2.75, 3.05) is 6.54 Å². The molecule has 0 saturated carbocycles. The summed E-state index contributed by atoms with van der Waals surface area (Å²) in [6.45, 7) is 15.4. The largest absolute Gasteiger partial charge is 0.352 e. The monoisotopic (exact) mass is 295 g/mol. The molecule has 1 atom stereocenters. The minimum atomic E-state index is -0.165. The third-order valence-corrected chi connectivity index (χ3v) is 4.13. The van der Waals surface area contributed by atoms with E-state index in [4.69, 9.17) is 0 Å². The summed E-state index contributed by atoms with van der Waals surface area (Å²) in [4.78, 5) is 16.5. The van der Waals surface area contributed by atoms with E-state index in [1.54, 1.807) is 6.08 Å². The van der Waals surface area contributed by atoms with Crippen LogP contribution in [-0.2, 0) is 11.3 Å². The second kappa shape index (κ2) is 7.53. The zero-order valence-corrected chi connectivity index (χ0v) is 13.9. The molecular formula is C15H25N3OS. The fraction of sp³-hybridized carbons (Fsp3) is 0.600. The van der Waals surface area contributed by atoms with Crippen molar-refractivity contribution in [3.8, 4) is 0 Å². The van der Waals surface area contributed by atoms with Gasteiger partial charge in [-0.15, -0.1) is 6.58 Å². The van der Waals surface area contributed by atoms with Gasteiger partial charge < -0.3 is 9.88 Å². The Morgan fingerprint density at radius 3 is 2.65 bits per heavy atom. The van der Waals surface area contributed by atoms with Crippen LogP contribution in [0, 0.1) is 19.8 Å². The fourth-order valence-electron chi connectivity index (χ4n) is 1.82. The van der Waals surface area contributed by atoms with Gasteiger partial charge in [0.25, 0.3) is 0 Å².